The third kappa shape index (κ3) is 3.04. The van der Waals surface area contributed by atoms with Crippen LogP contribution in [0.15, 0.2) is 28.7 Å². The topological polar surface area (TPSA) is 6.48 Å². The Hall–Kier alpha value is -0.380. The molecule has 2 aliphatic rings. The summed E-state index contributed by atoms with van der Waals surface area (Å²) >= 11 is 3.52. The minimum absolute atomic E-state index is 0.539. The molecule has 2 heterocycles. The molecular formula is C16H23BrN2. The summed E-state index contributed by atoms with van der Waals surface area (Å²) in [6.45, 7) is 7.39. The standard InChI is InChI=1S/C16H23BrN2/c1-13(14-5-7-15(17)8-6-14)19-11-10-18-9-3-2-4-16(18)12-19/h5-8,13,16H,2-4,9-12H2,1H3. The number of piperidine rings is 1. The molecule has 2 atom stereocenters. The zero-order chi connectivity index (χ0) is 13.2. The molecule has 0 saturated carbocycles. The number of hydrogen-bond donors (Lipinski definition) is 0. The monoisotopic (exact) mass is 322 g/mol. The summed E-state index contributed by atoms with van der Waals surface area (Å²) in [6.07, 6.45) is 4.21. The van der Waals surface area contributed by atoms with E-state index in [-0.39, 0.29) is 0 Å². The molecule has 2 aliphatic heterocycles. The van der Waals surface area contributed by atoms with Gasteiger partial charge in [-0.05, 0) is 44.0 Å². The Morgan fingerprint density at radius 2 is 1.89 bits per heavy atom. The maximum atomic E-state index is 3.52. The van der Waals surface area contributed by atoms with E-state index >= 15 is 0 Å². The summed E-state index contributed by atoms with van der Waals surface area (Å²) in [4.78, 5) is 5.37. The van der Waals surface area contributed by atoms with Crippen LogP contribution >= 0.6 is 15.9 Å². The second-order valence-corrected chi connectivity index (χ2v) is 6.82. The van der Waals surface area contributed by atoms with Gasteiger partial charge in [0.15, 0.2) is 0 Å². The molecular weight excluding hydrogens is 300 g/mol. The van der Waals surface area contributed by atoms with Crippen LogP contribution in [0.3, 0.4) is 0 Å². The third-order valence-electron chi connectivity index (χ3n) is 4.77. The highest BCUT2D eigenvalue weighted by molar-refractivity contribution is 9.10. The average Bonchev–Trinajstić information content (AvgIpc) is 2.47. The van der Waals surface area contributed by atoms with E-state index in [2.05, 4.69) is 56.9 Å². The largest absolute Gasteiger partial charge is 0.298 e. The van der Waals surface area contributed by atoms with E-state index in [9.17, 15) is 0 Å². The summed E-state index contributed by atoms with van der Waals surface area (Å²) in [5.74, 6) is 0. The van der Waals surface area contributed by atoms with Crippen LogP contribution in [-0.2, 0) is 0 Å². The van der Waals surface area contributed by atoms with Crippen molar-refractivity contribution in [1.29, 1.82) is 0 Å². The van der Waals surface area contributed by atoms with Crippen molar-refractivity contribution < 1.29 is 0 Å². The Kier molecular flexibility index (Phi) is 4.25. The van der Waals surface area contributed by atoms with E-state index in [1.165, 1.54) is 55.5 Å². The third-order valence-corrected chi connectivity index (χ3v) is 5.30. The molecule has 19 heavy (non-hydrogen) atoms. The van der Waals surface area contributed by atoms with Crippen LogP contribution in [0.4, 0.5) is 0 Å². The summed E-state index contributed by atoms with van der Waals surface area (Å²) in [7, 11) is 0. The van der Waals surface area contributed by atoms with Gasteiger partial charge in [0.05, 0.1) is 0 Å². The van der Waals surface area contributed by atoms with Crippen molar-refractivity contribution in [3.8, 4) is 0 Å². The van der Waals surface area contributed by atoms with E-state index < -0.39 is 0 Å². The lowest BCUT2D eigenvalue weighted by molar-refractivity contribution is 0.0307. The van der Waals surface area contributed by atoms with Gasteiger partial charge < -0.3 is 0 Å². The smallest absolute Gasteiger partial charge is 0.0321 e. The highest BCUT2D eigenvalue weighted by Gasteiger charge is 2.30. The van der Waals surface area contributed by atoms with Crippen molar-refractivity contribution in [3.05, 3.63) is 34.3 Å². The molecule has 0 aliphatic carbocycles. The molecule has 2 unspecified atom stereocenters. The minimum atomic E-state index is 0.539. The molecule has 2 fully saturated rings. The molecule has 0 radical (unpaired) electrons. The molecule has 3 heteroatoms. The molecule has 104 valence electrons. The first-order chi connectivity index (χ1) is 9.24. The summed E-state index contributed by atoms with van der Waals surface area (Å²) in [5.41, 5.74) is 1.44. The summed E-state index contributed by atoms with van der Waals surface area (Å²) < 4.78 is 1.17. The van der Waals surface area contributed by atoms with Crippen molar-refractivity contribution >= 4 is 15.9 Å². The highest BCUT2D eigenvalue weighted by atomic mass is 79.9. The molecule has 2 nitrogen and oxygen atoms in total. The SMILES string of the molecule is CC(c1ccc(Br)cc1)N1CCN2CCCCC2C1. The number of piperazine rings is 1. The second-order valence-electron chi connectivity index (χ2n) is 5.91. The zero-order valence-corrected chi connectivity index (χ0v) is 13.3. The zero-order valence-electron chi connectivity index (χ0n) is 11.7. The average molecular weight is 323 g/mol. The molecule has 0 spiro atoms. The molecule has 1 aromatic rings. The van der Waals surface area contributed by atoms with E-state index in [1.54, 1.807) is 0 Å². The molecule has 3 rings (SSSR count). The molecule has 0 amide bonds. The number of benzene rings is 1. The van der Waals surface area contributed by atoms with Gasteiger partial charge >= 0.3 is 0 Å². The lowest BCUT2D eigenvalue weighted by atomic mass is 9.97. The van der Waals surface area contributed by atoms with Crippen molar-refractivity contribution in [2.75, 3.05) is 26.2 Å². The Morgan fingerprint density at radius 3 is 2.68 bits per heavy atom. The number of rotatable bonds is 2. The van der Waals surface area contributed by atoms with Gasteiger partial charge in [-0.3, -0.25) is 9.80 Å². The van der Waals surface area contributed by atoms with E-state index in [0.29, 0.717) is 6.04 Å². The van der Waals surface area contributed by atoms with Gasteiger partial charge in [0, 0.05) is 36.2 Å². The fraction of sp³-hybridized carbons (Fsp3) is 0.625. The minimum Gasteiger partial charge on any atom is -0.298 e. The summed E-state index contributed by atoms with van der Waals surface area (Å²) in [6, 6.07) is 10.2. The van der Waals surface area contributed by atoms with Gasteiger partial charge in [0.2, 0.25) is 0 Å². The second kappa shape index (κ2) is 5.94. The van der Waals surface area contributed by atoms with Crippen LogP contribution in [0.1, 0.15) is 37.8 Å². The van der Waals surface area contributed by atoms with Crippen molar-refractivity contribution in [2.45, 2.75) is 38.3 Å². The van der Waals surface area contributed by atoms with Crippen LogP contribution in [0, 0.1) is 0 Å². The molecule has 0 N–H and O–H groups in total. The Balaban J connectivity index is 1.67. The van der Waals surface area contributed by atoms with Crippen molar-refractivity contribution in [1.82, 2.24) is 9.80 Å². The van der Waals surface area contributed by atoms with Gasteiger partial charge in [-0.25, -0.2) is 0 Å². The predicted molar refractivity (Wildman–Crippen MR) is 83.3 cm³/mol. The number of hydrogen-bond acceptors (Lipinski definition) is 2. The van der Waals surface area contributed by atoms with Gasteiger partial charge in [0.25, 0.3) is 0 Å². The first-order valence-corrected chi connectivity index (χ1v) is 8.27. The molecule has 1 aromatic carbocycles. The van der Waals surface area contributed by atoms with E-state index in [4.69, 9.17) is 0 Å². The first kappa shape index (κ1) is 13.6. The van der Waals surface area contributed by atoms with Crippen LogP contribution in [0.5, 0.6) is 0 Å². The quantitative estimate of drug-likeness (QED) is 0.819. The maximum absolute atomic E-state index is 3.52. The Bertz CT molecular complexity index is 417. The van der Waals surface area contributed by atoms with Gasteiger partial charge in [0.1, 0.15) is 0 Å². The Morgan fingerprint density at radius 1 is 1.11 bits per heavy atom. The van der Waals surface area contributed by atoms with Gasteiger partial charge in [-0.1, -0.05) is 34.5 Å². The van der Waals surface area contributed by atoms with Gasteiger partial charge in [-0.2, -0.15) is 0 Å². The predicted octanol–water partition coefficient (Wildman–Crippen LogP) is 3.68. The van der Waals surface area contributed by atoms with Crippen LogP contribution in [0.2, 0.25) is 0 Å². The maximum Gasteiger partial charge on any atom is 0.0321 e. The number of halogens is 1. The molecule has 0 bridgehead atoms. The fourth-order valence-corrected chi connectivity index (χ4v) is 3.75. The highest BCUT2D eigenvalue weighted by Crippen LogP contribution is 2.28. The van der Waals surface area contributed by atoms with Crippen molar-refractivity contribution in [3.63, 3.8) is 0 Å². The molecule has 2 saturated heterocycles. The van der Waals surface area contributed by atoms with Crippen molar-refractivity contribution in [2.24, 2.45) is 0 Å². The Labute approximate surface area is 124 Å². The lowest BCUT2D eigenvalue weighted by Gasteiger charge is -2.46. The van der Waals surface area contributed by atoms with E-state index in [0.717, 1.165) is 6.04 Å². The normalized spacial score (nSPS) is 26.9. The summed E-state index contributed by atoms with van der Waals surface area (Å²) in [5, 5.41) is 0. The lowest BCUT2D eigenvalue weighted by Crippen LogP contribution is -2.55. The van der Waals surface area contributed by atoms with Crippen LogP contribution in [-0.4, -0.2) is 42.0 Å². The number of fused-ring (bicyclic) bond motifs is 1. The fourth-order valence-electron chi connectivity index (χ4n) is 3.48. The molecule has 0 aromatic heterocycles. The van der Waals surface area contributed by atoms with Crippen LogP contribution in [0.25, 0.3) is 0 Å². The van der Waals surface area contributed by atoms with Gasteiger partial charge in [-0.15, -0.1) is 0 Å². The van der Waals surface area contributed by atoms with Crippen LogP contribution < -0.4 is 0 Å². The van der Waals surface area contributed by atoms with E-state index in [1.807, 2.05) is 0 Å². The number of nitrogens with zero attached hydrogens (tertiary/aromatic N) is 2. The first-order valence-electron chi connectivity index (χ1n) is 7.47.